The van der Waals surface area contributed by atoms with Crippen molar-refractivity contribution in [1.82, 2.24) is 9.99 Å². The van der Waals surface area contributed by atoms with E-state index in [0.29, 0.717) is 5.56 Å². The molecule has 0 aliphatic carbocycles. The van der Waals surface area contributed by atoms with Crippen molar-refractivity contribution in [2.75, 3.05) is 25.6 Å². The number of aliphatic hydroxyl groups is 1. The van der Waals surface area contributed by atoms with Crippen LogP contribution < -0.4 is 5.09 Å². The van der Waals surface area contributed by atoms with Gasteiger partial charge in [-0.05, 0) is 0 Å². The van der Waals surface area contributed by atoms with Gasteiger partial charge in [-0.2, -0.15) is 0 Å². The number of hydrogen-bond acceptors (Lipinski definition) is 5. The molecule has 0 aromatic heterocycles. The predicted octanol–water partition coefficient (Wildman–Crippen LogP) is 3.76. The maximum absolute atomic E-state index is 14.8. The molecule has 0 bridgehead atoms. The Bertz CT molecular complexity index is 714. The number of carbonyl (C=O) groups excluding carboxylic acids is 2. The summed E-state index contributed by atoms with van der Waals surface area (Å²) < 4.78 is 39.9. The zero-order valence-corrected chi connectivity index (χ0v) is 17.9. The Balaban J connectivity index is 2.13. The van der Waals surface area contributed by atoms with Crippen molar-refractivity contribution in [2.45, 2.75) is 45.1 Å². The van der Waals surface area contributed by atoms with Gasteiger partial charge in [0.15, 0.2) is 0 Å². The zero-order valence-electron chi connectivity index (χ0n) is 16.9. The SMILES string of the molecule is CC(C)(C)OC(=O)N1CCC[PH](NC(=O)OCc2ccccc2)(C(F)(F)CO)C1. The molecule has 1 aliphatic heterocycles. The fourth-order valence-corrected chi connectivity index (χ4v) is 6.74. The number of amides is 2. The second-order valence-corrected chi connectivity index (χ2v) is 12.1. The number of carbonyl (C=O) groups is 2. The first-order valence-electron chi connectivity index (χ1n) is 9.43. The Morgan fingerprint density at radius 2 is 1.90 bits per heavy atom. The van der Waals surface area contributed by atoms with Crippen LogP contribution in [0.4, 0.5) is 18.4 Å². The van der Waals surface area contributed by atoms with Crippen LogP contribution in [0.15, 0.2) is 30.3 Å². The number of benzene rings is 1. The van der Waals surface area contributed by atoms with Gasteiger partial charge in [0.05, 0.1) is 0 Å². The monoisotopic (exact) mass is 434 g/mol. The van der Waals surface area contributed by atoms with Crippen molar-refractivity contribution in [3.05, 3.63) is 35.9 Å². The standard InChI is InChI=1S/C19H29F2N2O5P/c1-18(2,3)28-17(26)23-10-7-11-29(14-23,19(20,21)13-24)22-16(25)27-12-15-8-5-4-6-9-15/h4-6,8-9,24,29H,7,10-14H2,1-3H3,(H,22,25). The maximum atomic E-state index is 14.8. The molecule has 2 N–H and O–H groups in total. The van der Waals surface area contributed by atoms with E-state index in [1.54, 1.807) is 51.1 Å². The Labute approximate surface area is 169 Å². The molecular weight excluding hydrogens is 405 g/mol. The van der Waals surface area contributed by atoms with Crippen LogP contribution in [0.3, 0.4) is 0 Å². The van der Waals surface area contributed by atoms with Crippen LogP contribution in [0.5, 0.6) is 0 Å². The van der Waals surface area contributed by atoms with E-state index >= 15 is 0 Å². The number of hydrogen-bond donors (Lipinski definition) is 2. The minimum absolute atomic E-state index is 0.0142. The van der Waals surface area contributed by atoms with Gasteiger partial charge in [0.1, 0.15) is 0 Å². The summed E-state index contributed by atoms with van der Waals surface area (Å²) in [5.41, 5.74) is -3.59. The van der Waals surface area contributed by atoms with E-state index in [1.165, 1.54) is 4.90 Å². The Morgan fingerprint density at radius 1 is 1.24 bits per heavy atom. The number of alkyl halides is 2. The summed E-state index contributed by atoms with van der Waals surface area (Å²) in [6.07, 6.45) is -1.79. The van der Waals surface area contributed by atoms with Crippen molar-refractivity contribution in [3.8, 4) is 0 Å². The summed E-state index contributed by atoms with van der Waals surface area (Å²) >= 11 is 0. The molecule has 29 heavy (non-hydrogen) atoms. The second kappa shape index (κ2) is 9.22. The normalized spacial score (nSPS) is 17.9. The molecule has 0 saturated carbocycles. The molecule has 0 spiro atoms. The molecule has 10 heteroatoms. The van der Waals surface area contributed by atoms with E-state index in [4.69, 9.17) is 9.47 Å². The third kappa shape index (κ3) is 6.24. The zero-order chi connectivity index (χ0) is 21.7. The van der Waals surface area contributed by atoms with Crippen LogP contribution in [0, 0.1) is 0 Å². The van der Waals surface area contributed by atoms with Crippen LogP contribution in [0.2, 0.25) is 0 Å². The first kappa shape index (κ1) is 23.3. The third-order valence-corrected chi connectivity index (χ3v) is 8.97. The first-order valence-corrected chi connectivity index (χ1v) is 11.8. The van der Waals surface area contributed by atoms with Gasteiger partial charge >= 0.3 is 169 Å². The average Bonchev–Trinajstić information content (AvgIpc) is 2.66. The molecule has 1 heterocycles. The molecule has 0 unspecified atom stereocenters. The van der Waals surface area contributed by atoms with Crippen LogP contribution in [-0.4, -0.2) is 59.1 Å². The molecule has 0 radical (unpaired) electrons. The van der Waals surface area contributed by atoms with E-state index in [-0.39, 0.29) is 32.0 Å². The van der Waals surface area contributed by atoms with Crippen LogP contribution in [0.1, 0.15) is 32.8 Å². The number of nitrogens with zero attached hydrogens (tertiary/aromatic N) is 1. The van der Waals surface area contributed by atoms with Crippen molar-refractivity contribution < 1.29 is 33.0 Å². The summed E-state index contributed by atoms with van der Waals surface area (Å²) in [7, 11) is -4.00. The second-order valence-electron chi connectivity index (χ2n) is 8.14. The van der Waals surface area contributed by atoms with Crippen molar-refractivity contribution in [2.24, 2.45) is 0 Å². The molecule has 1 aliphatic rings. The molecule has 0 atom stereocenters. The summed E-state index contributed by atoms with van der Waals surface area (Å²) in [6.45, 7) is 3.80. The number of aliphatic hydroxyl groups excluding tert-OH is 1. The number of nitrogens with one attached hydrogen (secondary N) is 1. The fourth-order valence-electron chi connectivity index (χ4n) is 3.14. The molecule has 2 amide bonds. The molecule has 1 saturated heterocycles. The van der Waals surface area contributed by atoms with Crippen molar-refractivity contribution >= 4 is 19.6 Å². The van der Waals surface area contributed by atoms with Gasteiger partial charge in [0.25, 0.3) is 0 Å². The van der Waals surface area contributed by atoms with E-state index < -0.39 is 37.5 Å². The summed E-state index contributed by atoms with van der Waals surface area (Å²) in [4.78, 5) is 25.9. The topological polar surface area (TPSA) is 88.1 Å². The number of halogens is 2. The van der Waals surface area contributed by atoms with Gasteiger partial charge in [-0.15, -0.1) is 0 Å². The molecule has 164 valence electrons. The van der Waals surface area contributed by atoms with Gasteiger partial charge < -0.3 is 0 Å². The molecule has 1 aromatic rings. The van der Waals surface area contributed by atoms with Gasteiger partial charge in [-0.1, -0.05) is 0 Å². The van der Waals surface area contributed by atoms with E-state index in [0.717, 1.165) is 0 Å². The van der Waals surface area contributed by atoms with E-state index in [1.807, 2.05) is 0 Å². The Morgan fingerprint density at radius 3 is 2.48 bits per heavy atom. The minimum atomic E-state index is -4.00. The number of rotatable bonds is 5. The molecule has 1 fully saturated rings. The van der Waals surface area contributed by atoms with Crippen molar-refractivity contribution in [1.29, 1.82) is 0 Å². The summed E-state index contributed by atoms with van der Waals surface area (Å²) in [5, 5.41) is 11.7. The van der Waals surface area contributed by atoms with Gasteiger partial charge in [-0.25, -0.2) is 0 Å². The van der Waals surface area contributed by atoms with Gasteiger partial charge in [-0.3, -0.25) is 0 Å². The summed E-state index contributed by atoms with van der Waals surface area (Å²) in [5.74, 6) is 0. The Kier molecular flexibility index (Phi) is 7.40. The Hall–Kier alpha value is -1.99. The molecule has 2 rings (SSSR count). The summed E-state index contributed by atoms with van der Waals surface area (Å²) in [6, 6.07) is 8.83. The number of ether oxygens (including phenoxy) is 2. The average molecular weight is 434 g/mol. The third-order valence-electron chi connectivity index (χ3n) is 4.60. The van der Waals surface area contributed by atoms with Crippen LogP contribution in [-0.2, 0) is 16.1 Å². The molecular formula is C19H29F2N2O5P. The van der Waals surface area contributed by atoms with Gasteiger partial charge in [0, 0.05) is 0 Å². The van der Waals surface area contributed by atoms with Crippen LogP contribution >= 0.6 is 7.41 Å². The predicted molar refractivity (Wildman–Crippen MR) is 107 cm³/mol. The molecule has 1 aromatic carbocycles. The quantitative estimate of drug-likeness (QED) is 0.689. The first-order chi connectivity index (χ1) is 13.5. The van der Waals surface area contributed by atoms with Gasteiger partial charge in [0.2, 0.25) is 0 Å². The van der Waals surface area contributed by atoms with E-state index in [9.17, 15) is 23.5 Å². The van der Waals surface area contributed by atoms with Crippen LogP contribution in [0.25, 0.3) is 0 Å². The fraction of sp³-hybridized carbons (Fsp3) is 0.579. The molecule has 7 nitrogen and oxygen atoms in total. The van der Waals surface area contributed by atoms with Crippen molar-refractivity contribution in [3.63, 3.8) is 0 Å². The van der Waals surface area contributed by atoms with E-state index in [2.05, 4.69) is 5.09 Å².